The van der Waals surface area contributed by atoms with E-state index in [-0.39, 0.29) is 23.5 Å². The van der Waals surface area contributed by atoms with E-state index in [4.69, 9.17) is 16.3 Å². The van der Waals surface area contributed by atoms with E-state index in [0.29, 0.717) is 17.8 Å². The predicted octanol–water partition coefficient (Wildman–Crippen LogP) is 5.95. The number of hydrogen-bond acceptors (Lipinski definition) is 2. The molecule has 3 aliphatic carbocycles. The van der Waals surface area contributed by atoms with E-state index in [1.165, 1.54) is 32.1 Å². The molecule has 0 N–H and O–H groups in total. The molecule has 1 heterocycles. The Hall–Kier alpha value is -1.22. The maximum atomic E-state index is 12.7. The number of fused-ring (bicyclic) bond motifs is 5. The number of piperidine rings is 1. The van der Waals surface area contributed by atoms with Crippen LogP contribution < -0.4 is 4.74 Å². The van der Waals surface area contributed by atoms with Gasteiger partial charge in [-0.1, -0.05) is 31.9 Å². The number of benzene rings is 1. The van der Waals surface area contributed by atoms with Crippen molar-refractivity contribution in [3.05, 3.63) is 29.3 Å². The van der Waals surface area contributed by atoms with E-state index in [1.54, 1.807) is 0 Å². The molecule has 3 saturated carbocycles. The molecule has 1 aromatic rings. The van der Waals surface area contributed by atoms with E-state index in [1.807, 2.05) is 36.2 Å². The first-order valence-electron chi connectivity index (χ1n) is 11.5. The summed E-state index contributed by atoms with van der Waals surface area (Å²) < 4.78 is 6.64. The highest BCUT2D eigenvalue weighted by atomic mass is 35.5. The molecule has 29 heavy (non-hydrogen) atoms. The molecular formula is C25H34ClNO2. The maximum absolute atomic E-state index is 12.7. The summed E-state index contributed by atoms with van der Waals surface area (Å²) in [5, 5.41) is 0.727. The van der Waals surface area contributed by atoms with Crippen LogP contribution in [0.3, 0.4) is 0 Å². The average Bonchev–Trinajstić information content (AvgIpc) is 3.09. The van der Waals surface area contributed by atoms with Crippen molar-refractivity contribution in [2.24, 2.45) is 28.6 Å². The highest BCUT2D eigenvalue weighted by Gasteiger charge is 2.62. The number of hydrogen-bond donors (Lipinski definition) is 0. The smallest absolute Gasteiger partial charge is 0.222 e. The molecule has 4 heteroatoms. The van der Waals surface area contributed by atoms with Gasteiger partial charge < -0.3 is 9.64 Å². The molecule has 5 rings (SSSR count). The van der Waals surface area contributed by atoms with Crippen LogP contribution in [0.1, 0.15) is 65.2 Å². The van der Waals surface area contributed by atoms with Gasteiger partial charge in [-0.25, -0.2) is 0 Å². The topological polar surface area (TPSA) is 29.5 Å². The first-order valence-corrected chi connectivity index (χ1v) is 11.9. The Morgan fingerprint density at radius 3 is 2.59 bits per heavy atom. The molecule has 158 valence electrons. The molecule has 4 aliphatic rings. The van der Waals surface area contributed by atoms with E-state index in [0.717, 1.165) is 35.4 Å². The average molecular weight is 416 g/mol. The fraction of sp³-hybridized carbons (Fsp3) is 0.720. The molecule has 1 aliphatic heterocycles. The molecule has 2 unspecified atom stereocenters. The number of ether oxygens (including phenoxy) is 1. The zero-order chi connectivity index (χ0) is 20.4. The van der Waals surface area contributed by atoms with Crippen LogP contribution >= 0.6 is 11.6 Å². The predicted molar refractivity (Wildman–Crippen MR) is 116 cm³/mol. The number of rotatable bonds is 2. The Kier molecular flexibility index (Phi) is 4.70. The number of amides is 1. The van der Waals surface area contributed by atoms with Crippen molar-refractivity contribution in [3.8, 4) is 5.75 Å². The lowest BCUT2D eigenvalue weighted by atomic mass is 9.47. The van der Waals surface area contributed by atoms with Crippen LogP contribution in [0.15, 0.2) is 24.3 Å². The zero-order valence-electron chi connectivity index (χ0n) is 18.0. The third-order valence-electron chi connectivity index (χ3n) is 9.39. The zero-order valence-corrected chi connectivity index (χ0v) is 18.8. The van der Waals surface area contributed by atoms with Crippen LogP contribution in [0.25, 0.3) is 0 Å². The van der Waals surface area contributed by atoms with Gasteiger partial charge in [-0.2, -0.15) is 0 Å². The fourth-order valence-corrected chi connectivity index (χ4v) is 8.13. The third kappa shape index (κ3) is 3.02. The summed E-state index contributed by atoms with van der Waals surface area (Å²) in [7, 11) is 2.01. The van der Waals surface area contributed by atoms with Gasteiger partial charge >= 0.3 is 0 Å². The Balaban J connectivity index is 1.52. The molecule has 0 bridgehead atoms. The van der Waals surface area contributed by atoms with Gasteiger partial charge in [0.2, 0.25) is 5.91 Å². The molecular weight excluding hydrogens is 382 g/mol. The highest BCUT2D eigenvalue weighted by Crippen LogP contribution is 2.64. The summed E-state index contributed by atoms with van der Waals surface area (Å²) in [6.45, 7) is 5.01. The Morgan fingerprint density at radius 2 is 1.83 bits per heavy atom. The van der Waals surface area contributed by atoms with Crippen molar-refractivity contribution in [1.29, 1.82) is 0 Å². The maximum Gasteiger partial charge on any atom is 0.222 e. The molecule has 3 nitrogen and oxygen atoms in total. The van der Waals surface area contributed by atoms with Gasteiger partial charge in [0.15, 0.2) is 0 Å². The van der Waals surface area contributed by atoms with Crippen LogP contribution in [0.5, 0.6) is 5.75 Å². The summed E-state index contributed by atoms with van der Waals surface area (Å²) in [6.07, 6.45) is 9.65. The number of halogens is 1. The van der Waals surface area contributed by atoms with Gasteiger partial charge in [-0.3, -0.25) is 4.79 Å². The summed E-state index contributed by atoms with van der Waals surface area (Å²) in [5.74, 6) is 3.40. The van der Waals surface area contributed by atoms with Crippen LogP contribution in [0.2, 0.25) is 5.02 Å². The second-order valence-corrected chi connectivity index (χ2v) is 11.2. The lowest BCUT2D eigenvalue weighted by Gasteiger charge is -2.63. The third-order valence-corrected chi connectivity index (χ3v) is 9.64. The first kappa shape index (κ1) is 19.7. The molecule has 0 radical (unpaired) electrons. The lowest BCUT2D eigenvalue weighted by molar-refractivity contribution is -0.174. The van der Waals surface area contributed by atoms with Crippen LogP contribution in [0, 0.1) is 28.6 Å². The summed E-state index contributed by atoms with van der Waals surface area (Å²) in [6, 6.07) is 7.89. The molecule has 4 fully saturated rings. The minimum absolute atomic E-state index is 0.0552. The van der Waals surface area contributed by atoms with Crippen molar-refractivity contribution in [3.63, 3.8) is 0 Å². The molecule has 0 spiro atoms. The second-order valence-electron chi connectivity index (χ2n) is 10.8. The van der Waals surface area contributed by atoms with Crippen molar-refractivity contribution >= 4 is 17.5 Å². The molecule has 7 atom stereocenters. The molecule has 1 amide bonds. The van der Waals surface area contributed by atoms with E-state index in [2.05, 4.69) is 13.8 Å². The number of likely N-dealkylation sites (tertiary alicyclic amines) is 1. The lowest BCUT2D eigenvalue weighted by Crippen LogP contribution is -2.67. The van der Waals surface area contributed by atoms with Crippen molar-refractivity contribution in [1.82, 2.24) is 4.90 Å². The SMILES string of the molecule is CN1C(=O)CC[C@@]2(C)C1C(Oc1ccc(Cl)cc1)C[C@@H]1[C@H]2CC[C@]2(C)CCC[C@@H]12. The second kappa shape index (κ2) is 6.90. The van der Waals surface area contributed by atoms with Crippen LogP contribution in [-0.2, 0) is 4.79 Å². The van der Waals surface area contributed by atoms with Crippen molar-refractivity contribution in [2.75, 3.05) is 7.05 Å². The Labute approximate surface area is 180 Å². The Bertz CT molecular complexity index is 795. The monoisotopic (exact) mass is 415 g/mol. The van der Waals surface area contributed by atoms with Crippen molar-refractivity contribution in [2.45, 2.75) is 77.4 Å². The number of carbonyl (C=O) groups excluding carboxylic acids is 1. The first-order chi connectivity index (χ1) is 13.8. The number of nitrogens with zero attached hydrogens (tertiary/aromatic N) is 1. The van der Waals surface area contributed by atoms with Gasteiger partial charge in [0, 0.05) is 18.5 Å². The summed E-state index contributed by atoms with van der Waals surface area (Å²) in [4.78, 5) is 14.7. The summed E-state index contributed by atoms with van der Waals surface area (Å²) in [5.41, 5.74) is 0.665. The van der Waals surface area contributed by atoms with E-state index < -0.39 is 0 Å². The standard InChI is InChI=1S/C25H34ClNO2/c1-24-12-4-5-19(24)18-15-21(29-17-8-6-16(26)7-9-17)23-25(2,20(18)10-13-24)14-11-22(28)27(23)3/h6-9,18-21,23H,4-5,10-15H2,1-3H3/t18-,19-,20+,21?,23?,24-,25+/m0/s1. The van der Waals surface area contributed by atoms with Gasteiger partial charge in [0.1, 0.15) is 11.9 Å². The molecule has 1 aromatic carbocycles. The minimum Gasteiger partial charge on any atom is -0.488 e. The quantitative estimate of drug-likeness (QED) is 0.597. The van der Waals surface area contributed by atoms with Gasteiger partial charge in [0.05, 0.1) is 6.04 Å². The molecule has 0 aromatic heterocycles. The fourth-order valence-electron chi connectivity index (χ4n) is 8.00. The van der Waals surface area contributed by atoms with Crippen molar-refractivity contribution < 1.29 is 9.53 Å². The largest absolute Gasteiger partial charge is 0.488 e. The Morgan fingerprint density at radius 1 is 1.07 bits per heavy atom. The minimum atomic E-state index is 0.0552. The van der Waals surface area contributed by atoms with Crippen LogP contribution in [-0.4, -0.2) is 30.0 Å². The van der Waals surface area contributed by atoms with E-state index in [9.17, 15) is 4.79 Å². The molecule has 1 saturated heterocycles. The van der Waals surface area contributed by atoms with Crippen LogP contribution in [0.4, 0.5) is 0 Å². The van der Waals surface area contributed by atoms with Gasteiger partial charge in [0.25, 0.3) is 0 Å². The van der Waals surface area contributed by atoms with E-state index >= 15 is 0 Å². The summed E-state index contributed by atoms with van der Waals surface area (Å²) >= 11 is 6.09. The number of likely N-dealkylation sites (N-methyl/N-ethyl adjacent to an activating group) is 1. The number of carbonyl (C=O) groups is 1. The van der Waals surface area contributed by atoms with Gasteiger partial charge in [-0.05, 0) is 91.4 Å². The van der Waals surface area contributed by atoms with Gasteiger partial charge in [-0.15, -0.1) is 0 Å². The normalized spacial score (nSPS) is 44.1. The highest BCUT2D eigenvalue weighted by molar-refractivity contribution is 6.30.